The van der Waals surface area contributed by atoms with Crippen LogP contribution in [0.3, 0.4) is 0 Å². The van der Waals surface area contributed by atoms with Gasteiger partial charge in [0.2, 0.25) is 0 Å². The largest absolute Gasteiger partial charge is 0.480 e. The average Bonchev–Trinajstić information content (AvgIpc) is 2.93. The third kappa shape index (κ3) is 5.15. The van der Waals surface area contributed by atoms with E-state index in [0.717, 1.165) is 33.4 Å². The molecule has 5 aromatic rings. The second-order valence-corrected chi connectivity index (χ2v) is 8.56. The van der Waals surface area contributed by atoms with Gasteiger partial charge in [0.25, 0.3) is 10.9 Å². The molecule has 0 aliphatic heterocycles. The van der Waals surface area contributed by atoms with Crippen molar-refractivity contribution in [1.29, 1.82) is 0 Å². The van der Waals surface area contributed by atoms with E-state index in [0.29, 0.717) is 0 Å². The number of carbonyl (C=O) groups is 1. The number of pyridine rings is 2. The van der Waals surface area contributed by atoms with Crippen molar-refractivity contribution in [3.8, 4) is 0 Å². The van der Waals surface area contributed by atoms with Gasteiger partial charge in [0, 0.05) is 42.6 Å². The molecule has 0 radical (unpaired) electrons. The van der Waals surface area contributed by atoms with Gasteiger partial charge >= 0.3 is 5.97 Å². The molecule has 2 aromatic heterocycles. The van der Waals surface area contributed by atoms with Crippen molar-refractivity contribution >= 4 is 39.6 Å². The van der Waals surface area contributed by atoms with Crippen molar-refractivity contribution < 1.29 is 9.90 Å². The lowest BCUT2D eigenvalue weighted by molar-refractivity contribution is -0.137. The number of anilines is 4. The highest BCUT2D eigenvalue weighted by Crippen LogP contribution is 2.25. The summed E-state index contributed by atoms with van der Waals surface area (Å²) in [5.41, 5.74) is 1.04. The number of carboxylic acid groups (broad SMARTS) is 1. The van der Waals surface area contributed by atoms with Gasteiger partial charge in [-0.1, -0.05) is 42.5 Å². The van der Waals surface area contributed by atoms with Crippen LogP contribution in [0.4, 0.5) is 22.9 Å². The van der Waals surface area contributed by atoms with Gasteiger partial charge in [-0.2, -0.15) is 0 Å². The maximum Gasteiger partial charge on any atom is 0.326 e. The number of hydrogen-bond acceptors (Lipinski definition) is 8. The van der Waals surface area contributed by atoms with E-state index in [1.807, 2.05) is 60.7 Å². The Hall–Kier alpha value is -5.05. The highest BCUT2D eigenvalue weighted by atomic mass is 16.4. The summed E-state index contributed by atoms with van der Waals surface area (Å²) in [6, 6.07) is 19.7. The molecule has 0 amide bonds. The highest BCUT2D eigenvalue weighted by Gasteiger charge is 2.26. The molecule has 0 saturated carbocycles. The smallest absolute Gasteiger partial charge is 0.326 e. The molecule has 0 spiro atoms. The van der Waals surface area contributed by atoms with E-state index < -0.39 is 22.9 Å². The van der Waals surface area contributed by atoms with E-state index in [1.165, 1.54) is 0 Å². The van der Waals surface area contributed by atoms with E-state index in [9.17, 15) is 19.5 Å². The van der Waals surface area contributed by atoms with Crippen molar-refractivity contribution in [3.63, 3.8) is 0 Å². The summed E-state index contributed by atoms with van der Waals surface area (Å²) in [5.74, 6) is -0.407. The summed E-state index contributed by atoms with van der Waals surface area (Å²) in [4.78, 5) is 44.7. The number of nitrogens with zero attached hydrogens (tertiary/aromatic N) is 2. The Bertz CT molecular complexity index is 1620. The molecule has 4 N–H and O–H groups in total. The summed E-state index contributed by atoms with van der Waals surface area (Å²) < 4.78 is 0. The number of benzene rings is 2. The van der Waals surface area contributed by atoms with Gasteiger partial charge in [-0.3, -0.25) is 14.6 Å². The number of rotatable bonds is 10. The van der Waals surface area contributed by atoms with Gasteiger partial charge in [-0.15, -0.1) is 0 Å². The van der Waals surface area contributed by atoms with Crippen LogP contribution in [0.15, 0.2) is 94.9 Å². The van der Waals surface area contributed by atoms with E-state index in [2.05, 4.69) is 25.9 Å². The Morgan fingerprint density at radius 3 is 2.41 bits per heavy atom. The van der Waals surface area contributed by atoms with Gasteiger partial charge in [-0.25, -0.2) is 9.78 Å². The molecule has 0 saturated heterocycles. The lowest BCUT2D eigenvalue weighted by Crippen LogP contribution is -2.42. The van der Waals surface area contributed by atoms with Crippen LogP contribution >= 0.6 is 0 Å². The highest BCUT2D eigenvalue weighted by molar-refractivity contribution is 5.93. The van der Waals surface area contributed by atoms with Gasteiger partial charge < -0.3 is 21.1 Å². The fraction of sp³-hybridized carbons (Fsp3) is 0.107. The zero-order valence-electron chi connectivity index (χ0n) is 19.6. The van der Waals surface area contributed by atoms with E-state index in [1.54, 1.807) is 24.7 Å². The van der Waals surface area contributed by atoms with Crippen molar-refractivity contribution in [3.05, 3.63) is 117 Å². The minimum absolute atomic E-state index is 0.0124. The predicted octanol–water partition coefficient (Wildman–Crippen LogP) is 3.69. The van der Waals surface area contributed by atoms with Crippen LogP contribution in [0.25, 0.3) is 10.8 Å². The molecule has 0 bridgehead atoms. The Kier molecular flexibility index (Phi) is 6.58. The molecule has 1 atom stereocenters. The van der Waals surface area contributed by atoms with E-state index >= 15 is 0 Å². The molecule has 5 rings (SSSR count). The summed E-state index contributed by atoms with van der Waals surface area (Å²) in [6.07, 6.45) is 5.13. The summed E-state index contributed by atoms with van der Waals surface area (Å²) in [6.45, 7) is 0.283. The van der Waals surface area contributed by atoms with Gasteiger partial charge in [0.1, 0.15) is 23.2 Å². The summed E-state index contributed by atoms with van der Waals surface area (Å²) in [5, 5.41) is 20.8. The third-order valence-corrected chi connectivity index (χ3v) is 6.05. The number of fused-ring (bicyclic) bond motifs is 1. The molecule has 37 heavy (non-hydrogen) atoms. The maximum atomic E-state index is 12.2. The van der Waals surface area contributed by atoms with Gasteiger partial charge in [0.15, 0.2) is 0 Å². The Morgan fingerprint density at radius 2 is 1.65 bits per heavy atom. The fourth-order valence-corrected chi connectivity index (χ4v) is 4.08. The van der Waals surface area contributed by atoms with Crippen LogP contribution in [-0.4, -0.2) is 27.1 Å². The Labute approximate surface area is 211 Å². The number of carboxylic acids is 1. The number of nitrogens with one attached hydrogen (secondary N) is 3. The molecule has 9 heteroatoms. The second-order valence-electron chi connectivity index (χ2n) is 8.56. The lowest BCUT2D eigenvalue weighted by Gasteiger charge is -2.20. The van der Waals surface area contributed by atoms with Crippen molar-refractivity contribution in [2.45, 2.75) is 19.0 Å². The standard InChI is InChI=1S/C28H23N5O4/c34-25-23(31-16-18-4-3-12-29-15-18)24(26(25)35)33-22(28(36)37)14-17-7-9-20(10-8-17)32-27-21-6-2-1-5-19(21)11-13-30-27/h1-13,15,22,31,33H,14,16H2,(H,30,32)(H,36,37). The van der Waals surface area contributed by atoms with Crippen LogP contribution < -0.4 is 26.8 Å². The molecular weight excluding hydrogens is 470 g/mol. The van der Waals surface area contributed by atoms with E-state index in [4.69, 9.17) is 0 Å². The molecule has 3 aromatic carbocycles. The summed E-state index contributed by atoms with van der Waals surface area (Å²) in [7, 11) is 0. The quantitative estimate of drug-likeness (QED) is 0.215. The molecule has 0 aliphatic carbocycles. The second kappa shape index (κ2) is 10.3. The first kappa shape index (κ1) is 23.7. The maximum absolute atomic E-state index is 12.2. The topological polar surface area (TPSA) is 133 Å². The minimum atomic E-state index is -1.13. The first-order valence-corrected chi connectivity index (χ1v) is 11.6. The molecule has 9 nitrogen and oxygen atoms in total. The zero-order chi connectivity index (χ0) is 25.8. The SMILES string of the molecule is O=C(O)C(Cc1ccc(Nc2nccc3ccccc23)cc1)Nc1c(NCc2cccnc2)c(=O)c1=O. The van der Waals surface area contributed by atoms with Crippen LogP contribution in [-0.2, 0) is 17.8 Å². The monoisotopic (exact) mass is 493 g/mol. The number of hydrogen-bond donors (Lipinski definition) is 4. The van der Waals surface area contributed by atoms with Crippen LogP contribution in [0.5, 0.6) is 0 Å². The number of aromatic nitrogens is 2. The van der Waals surface area contributed by atoms with Crippen LogP contribution in [0.1, 0.15) is 11.1 Å². The van der Waals surface area contributed by atoms with Crippen molar-refractivity contribution in [2.75, 3.05) is 16.0 Å². The Morgan fingerprint density at radius 1 is 0.865 bits per heavy atom. The zero-order valence-corrected chi connectivity index (χ0v) is 19.6. The third-order valence-electron chi connectivity index (χ3n) is 6.05. The van der Waals surface area contributed by atoms with Crippen LogP contribution in [0.2, 0.25) is 0 Å². The van der Waals surface area contributed by atoms with Gasteiger partial charge in [0.05, 0.1) is 0 Å². The molecular formula is C28H23N5O4. The van der Waals surface area contributed by atoms with Gasteiger partial charge in [-0.05, 0) is 40.8 Å². The molecule has 184 valence electrons. The van der Waals surface area contributed by atoms with Crippen molar-refractivity contribution in [1.82, 2.24) is 9.97 Å². The van der Waals surface area contributed by atoms with Crippen molar-refractivity contribution in [2.24, 2.45) is 0 Å². The fourth-order valence-electron chi connectivity index (χ4n) is 4.08. The molecule has 2 heterocycles. The first-order valence-electron chi connectivity index (χ1n) is 11.6. The molecule has 0 aliphatic rings. The molecule has 1 unspecified atom stereocenters. The lowest BCUT2D eigenvalue weighted by atomic mass is 10.0. The predicted molar refractivity (Wildman–Crippen MR) is 143 cm³/mol. The Balaban J connectivity index is 1.27. The molecule has 0 fully saturated rings. The first-order chi connectivity index (χ1) is 18.0. The average molecular weight is 494 g/mol. The normalized spacial score (nSPS) is 11.8. The van der Waals surface area contributed by atoms with Crippen LogP contribution in [0, 0.1) is 0 Å². The summed E-state index contributed by atoms with van der Waals surface area (Å²) >= 11 is 0. The van der Waals surface area contributed by atoms with E-state index in [-0.39, 0.29) is 24.3 Å². The minimum Gasteiger partial charge on any atom is -0.480 e. The number of aliphatic carboxylic acids is 1.